The molecule has 1 amide bonds. The van der Waals surface area contributed by atoms with Gasteiger partial charge in [0.1, 0.15) is 0 Å². The van der Waals surface area contributed by atoms with Crippen molar-refractivity contribution in [2.24, 2.45) is 0 Å². The van der Waals surface area contributed by atoms with Gasteiger partial charge in [-0.05, 0) is 31.0 Å². The van der Waals surface area contributed by atoms with Crippen LogP contribution in [0.3, 0.4) is 0 Å². The molecule has 9 nitrogen and oxygen atoms in total. The number of aromatic amines is 1. The number of rotatable bonds is 5. The third kappa shape index (κ3) is 3.31. The predicted octanol–water partition coefficient (Wildman–Crippen LogP) is 2.20. The Morgan fingerprint density at radius 1 is 1.26 bits per heavy atom. The summed E-state index contributed by atoms with van der Waals surface area (Å²) in [4.78, 5) is 32.8. The number of aromatic nitrogens is 5. The predicted molar refractivity (Wildman–Crippen MR) is 116 cm³/mol. The lowest BCUT2D eigenvalue weighted by molar-refractivity contribution is 0.0675. The molecule has 1 N–H and O–H groups in total. The van der Waals surface area contributed by atoms with Crippen molar-refractivity contribution < 1.29 is 9.53 Å². The van der Waals surface area contributed by atoms with E-state index >= 15 is 0 Å². The van der Waals surface area contributed by atoms with Gasteiger partial charge in [-0.3, -0.25) is 19.0 Å². The second kappa shape index (κ2) is 7.99. The smallest absolute Gasteiger partial charge is 0.330 e. The number of nitrogens with zero attached hydrogens (tertiary/aromatic N) is 5. The number of ether oxygens (including phenoxy) is 1. The van der Waals surface area contributed by atoms with Crippen molar-refractivity contribution in [1.29, 1.82) is 0 Å². The molecule has 1 atom stereocenters. The van der Waals surface area contributed by atoms with E-state index in [1.807, 2.05) is 36.4 Å². The maximum atomic E-state index is 13.3. The first kappa shape index (κ1) is 19.5. The summed E-state index contributed by atoms with van der Waals surface area (Å²) in [6.45, 7) is 1.98. The van der Waals surface area contributed by atoms with Gasteiger partial charge in [-0.25, -0.2) is 9.78 Å². The van der Waals surface area contributed by atoms with Gasteiger partial charge in [0, 0.05) is 31.8 Å². The van der Waals surface area contributed by atoms with Crippen LogP contribution in [0.25, 0.3) is 22.1 Å². The number of imidazole rings is 1. The first-order valence-electron chi connectivity index (χ1n) is 10.5. The van der Waals surface area contributed by atoms with Crippen molar-refractivity contribution in [3.8, 4) is 0 Å². The third-order valence-electron chi connectivity index (χ3n) is 5.96. The van der Waals surface area contributed by atoms with Crippen molar-refractivity contribution in [3.05, 3.63) is 58.8 Å². The maximum Gasteiger partial charge on any atom is 0.330 e. The zero-order valence-electron chi connectivity index (χ0n) is 17.3. The summed E-state index contributed by atoms with van der Waals surface area (Å²) in [5.74, 6) is -0.119. The molecule has 1 aliphatic heterocycles. The van der Waals surface area contributed by atoms with Gasteiger partial charge in [0.25, 0.3) is 5.91 Å². The van der Waals surface area contributed by atoms with Gasteiger partial charge in [-0.2, -0.15) is 5.10 Å². The van der Waals surface area contributed by atoms with Crippen LogP contribution in [0.1, 0.15) is 29.4 Å². The molecule has 9 heteroatoms. The molecule has 0 bridgehead atoms. The number of hydrogen-bond donors (Lipinski definition) is 1. The van der Waals surface area contributed by atoms with E-state index in [9.17, 15) is 9.59 Å². The van der Waals surface area contributed by atoms with Gasteiger partial charge < -0.3 is 9.64 Å². The fourth-order valence-electron chi connectivity index (χ4n) is 4.46. The highest BCUT2D eigenvalue weighted by Gasteiger charge is 2.30. The Bertz CT molecular complexity index is 1300. The molecule has 0 radical (unpaired) electrons. The van der Waals surface area contributed by atoms with Gasteiger partial charge in [-0.15, -0.1) is 0 Å². The summed E-state index contributed by atoms with van der Waals surface area (Å²) in [5, 5.41) is 8.00. The summed E-state index contributed by atoms with van der Waals surface area (Å²) < 4.78 is 8.62. The number of pyridine rings is 1. The normalized spacial score (nSPS) is 16.9. The number of carbonyl (C=O) groups is 1. The van der Waals surface area contributed by atoms with Crippen LogP contribution in [0.2, 0.25) is 0 Å². The van der Waals surface area contributed by atoms with E-state index in [0.717, 1.165) is 29.3 Å². The molecule has 1 fully saturated rings. The highest BCUT2D eigenvalue weighted by molar-refractivity contribution is 6.04. The molecule has 0 unspecified atom stereocenters. The highest BCUT2D eigenvalue weighted by atomic mass is 16.5. The molecule has 0 saturated carbocycles. The van der Waals surface area contributed by atoms with Gasteiger partial charge in [-0.1, -0.05) is 18.2 Å². The van der Waals surface area contributed by atoms with Gasteiger partial charge in [0.2, 0.25) is 0 Å². The summed E-state index contributed by atoms with van der Waals surface area (Å²) in [6.07, 6.45) is 3.31. The van der Waals surface area contributed by atoms with E-state index < -0.39 is 0 Å². The molecule has 1 aliphatic rings. The maximum absolute atomic E-state index is 13.3. The minimum Gasteiger partial charge on any atom is -0.383 e. The van der Waals surface area contributed by atoms with E-state index in [0.29, 0.717) is 37.6 Å². The number of hydrogen-bond acceptors (Lipinski definition) is 5. The van der Waals surface area contributed by atoms with E-state index in [1.165, 1.54) is 0 Å². The van der Waals surface area contributed by atoms with Crippen LogP contribution in [-0.4, -0.2) is 61.9 Å². The van der Waals surface area contributed by atoms with Crippen molar-refractivity contribution in [3.63, 3.8) is 0 Å². The number of amides is 1. The standard InChI is InChI=1S/C22H24N6O3/c1-31-13-12-27-18-9-4-10-23-20(18)28(22(27)30)15-6-5-11-26(14-15)21(29)19-16-7-2-3-8-17(16)24-25-19/h2-4,7-10,15H,5-6,11-14H2,1H3,(H,24,25)/t15-/m0/s1. The Labute approximate surface area is 178 Å². The Morgan fingerprint density at radius 3 is 3.00 bits per heavy atom. The van der Waals surface area contributed by atoms with Gasteiger partial charge in [0.05, 0.1) is 30.2 Å². The van der Waals surface area contributed by atoms with E-state index in [-0.39, 0.29) is 17.6 Å². The minimum absolute atomic E-state index is 0.115. The van der Waals surface area contributed by atoms with E-state index in [4.69, 9.17) is 4.74 Å². The number of methoxy groups -OCH3 is 1. The number of fused-ring (bicyclic) bond motifs is 2. The monoisotopic (exact) mass is 420 g/mol. The average molecular weight is 420 g/mol. The summed E-state index contributed by atoms with van der Waals surface area (Å²) in [6, 6.07) is 11.2. The minimum atomic E-state index is -0.142. The fraction of sp³-hybridized carbons (Fsp3) is 0.364. The van der Waals surface area contributed by atoms with Crippen LogP contribution < -0.4 is 5.69 Å². The average Bonchev–Trinajstić information content (AvgIpc) is 3.36. The van der Waals surface area contributed by atoms with Crippen LogP contribution in [0.15, 0.2) is 47.4 Å². The van der Waals surface area contributed by atoms with Crippen LogP contribution in [-0.2, 0) is 11.3 Å². The molecule has 0 spiro atoms. The van der Waals surface area contributed by atoms with E-state index in [1.54, 1.807) is 27.3 Å². The van der Waals surface area contributed by atoms with Crippen molar-refractivity contribution >= 4 is 28.0 Å². The van der Waals surface area contributed by atoms with Crippen LogP contribution in [0.4, 0.5) is 0 Å². The van der Waals surface area contributed by atoms with E-state index in [2.05, 4.69) is 15.2 Å². The van der Waals surface area contributed by atoms with Crippen molar-refractivity contribution in [2.75, 3.05) is 26.8 Å². The Morgan fingerprint density at radius 2 is 2.13 bits per heavy atom. The van der Waals surface area contributed by atoms with Crippen molar-refractivity contribution in [2.45, 2.75) is 25.4 Å². The van der Waals surface area contributed by atoms with Crippen LogP contribution in [0, 0.1) is 0 Å². The largest absolute Gasteiger partial charge is 0.383 e. The first-order valence-corrected chi connectivity index (χ1v) is 10.5. The molecule has 1 aromatic carbocycles. The zero-order chi connectivity index (χ0) is 21.4. The topological polar surface area (TPSA) is 98.0 Å². The number of piperidine rings is 1. The number of benzene rings is 1. The summed E-state index contributed by atoms with van der Waals surface area (Å²) >= 11 is 0. The molecule has 31 heavy (non-hydrogen) atoms. The number of H-pyrrole nitrogens is 1. The third-order valence-corrected chi connectivity index (χ3v) is 5.96. The lowest BCUT2D eigenvalue weighted by atomic mass is 10.0. The molecular weight excluding hydrogens is 396 g/mol. The first-order chi connectivity index (χ1) is 15.2. The molecule has 3 aromatic heterocycles. The van der Waals surface area contributed by atoms with Crippen LogP contribution >= 0.6 is 0 Å². The Kier molecular flexibility index (Phi) is 5.03. The van der Waals surface area contributed by atoms with Gasteiger partial charge in [0.15, 0.2) is 11.3 Å². The summed E-state index contributed by atoms with van der Waals surface area (Å²) in [7, 11) is 1.62. The molecule has 160 valence electrons. The lowest BCUT2D eigenvalue weighted by Crippen LogP contribution is -2.43. The molecule has 4 heterocycles. The highest BCUT2D eigenvalue weighted by Crippen LogP contribution is 2.26. The number of nitrogens with one attached hydrogen (secondary N) is 1. The van der Waals surface area contributed by atoms with Crippen molar-refractivity contribution in [1.82, 2.24) is 29.2 Å². The molecule has 4 aromatic rings. The Hall–Kier alpha value is -3.46. The van der Waals surface area contributed by atoms with Gasteiger partial charge >= 0.3 is 5.69 Å². The van der Waals surface area contributed by atoms with Crippen LogP contribution in [0.5, 0.6) is 0 Å². The second-order valence-electron chi connectivity index (χ2n) is 7.81. The molecule has 1 saturated heterocycles. The number of likely N-dealkylation sites (tertiary alicyclic amines) is 1. The second-order valence-corrected chi connectivity index (χ2v) is 7.81. The Balaban J connectivity index is 1.48. The SMILES string of the molecule is COCCn1c(=O)n([C@H]2CCCN(C(=O)c3n[nH]c4ccccc34)C2)c2ncccc21. The quantitative estimate of drug-likeness (QED) is 0.534. The molecule has 0 aliphatic carbocycles. The number of para-hydroxylation sites is 1. The molecular formula is C22H24N6O3. The summed E-state index contributed by atoms with van der Waals surface area (Å²) in [5.41, 5.74) is 2.57. The fourth-order valence-corrected chi connectivity index (χ4v) is 4.46. The lowest BCUT2D eigenvalue weighted by Gasteiger charge is -2.32. The number of carbonyl (C=O) groups excluding carboxylic acids is 1. The molecule has 5 rings (SSSR count). The zero-order valence-corrected chi connectivity index (χ0v) is 17.3.